The normalized spacial score (nSPS) is 11.6. The third-order valence-corrected chi connectivity index (χ3v) is 10.0. The summed E-state index contributed by atoms with van der Waals surface area (Å²) in [5, 5.41) is 2.23. The summed E-state index contributed by atoms with van der Waals surface area (Å²) in [6.07, 6.45) is 0. The number of fused-ring (bicyclic) bond motifs is 6. The minimum Gasteiger partial charge on any atom is -0.311 e. The summed E-state index contributed by atoms with van der Waals surface area (Å²) in [4.78, 5) is 33.2. The van der Waals surface area contributed by atoms with Gasteiger partial charge in [-0.25, -0.2) is 4.99 Å². The van der Waals surface area contributed by atoms with Gasteiger partial charge in [0.05, 0.1) is 29.1 Å². The van der Waals surface area contributed by atoms with E-state index in [1.807, 2.05) is 6.07 Å². The highest BCUT2D eigenvalue weighted by Gasteiger charge is 2.20. The molecular formula is C39H24N6O2S2. The van der Waals surface area contributed by atoms with Crippen LogP contribution in [0.3, 0.4) is 0 Å². The Morgan fingerprint density at radius 3 is 1.57 bits per heavy atom. The highest BCUT2D eigenvalue weighted by Crippen LogP contribution is 2.41. The van der Waals surface area contributed by atoms with Crippen molar-refractivity contribution in [3.63, 3.8) is 0 Å². The van der Waals surface area contributed by atoms with Gasteiger partial charge in [-0.2, -0.15) is 17.5 Å². The molecular weight excluding hydrogens is 649 g/mol. The monoisotopic (exact) mass is 672 g/mol. The van der Waals surface area contributed by atoms with Crippen LogP contribution in [0.4, 0.5) is 22.7 Å². The van der Waals surface area contributed by atoms with E-state index in [4.69, 9.17) is 8.75 Å². The van der Waals surface area contributed by atoms with Crippen molar-refractivity contribution in [2.24, 2.45) is 4.99 Å². The number of aryl methyl sites for hydroxylation is 2. The van der Waals surface area contributed by atoms with E-state index in [0.717, 1.165) is 67.9 Å². The number of hydrogen-bond donors (Lipinski definition) is 0. The van der Waals surface area contributed by atoms with Crippen molar-refractivity contribution in [2.75, 3.05) is 4.90 Å². The SMILES string of the molecule is Cc1ccc(N(c2ccc(C)cc2)c2ccc(-c3cc4c(cc(N=c5c(=O)c6ccccc6c5=O)c5nsnc54)c4nsnc34)cc2)cc1. The zero-order chi connectivity index (χ0) is 33.2. The molecule has 0 N–H and O–H groups in total. The molecule has 7 aromatic carbocycles. The molecule has 0 radical (unpaired) electrons. The van der Waals surface area contributed by atoms with E-state index in [-0.39, 0.29) is 16.2 Å². The largest absolute Gasteiger partial charge is 0.311 e. The van der Waals surface area contributed by atoms with E-state index in [0.29, 0.717) is 33.0 Å². The van der Waals surface area contributed by atoms with Crippen LogP contribution in [0, 0.1) is 13.8 Å². The fourth-order valence-electron chi connectivity index (χ4n) is 6.43. The molecule has 0 atom stereocenters. The summed E-state index contributed by atoms with van der Waals surface area (Å²) in [6.45, 7) is 4.18. The fourth-order valence-corrected chi connectivity index (χ4v) is 7.57. The maximum atomic E-state index is 13.2. The van der Waals surface area contributed by atoms with Crippen molar-refractivity contribution in [1.29, 1.82) is 0 Å². The maximum Gasteiger partial charge on any atom is 0.216 e. The molecule has 0 saturated heterocycles. The van der Waals surface area contributed by atoms with Gasteiger partial charge in [-0.3, -0.25) is 9.59 Å². The van der Waals surface area contributed by atoms with Crippen LogP contribution in [-0.4, -0.2) is 17.5 Å². The number of anilines is 3. The van der Waals surface area contributed by atoms with Crippen LogP contribution >= 0.6 is 23.5 Å². The molecule has 8 nitrogen and oxygen atoms in total. The molecule has 0 aliphatic rings. The average Bonchev–Trinajstić information content (AvgIpc) is 3.88. The molecule has 0 unspecified atom stereocenters. The quantitative estimate of drug-likeness (QED) is 0.181. The van der Waals surface area contributed by atoms with Crippen molar-refractivity contribution < 1.29 is 0 Å². The zero-order valence-electron chi connectivity index (χ0n) is 26.2. The van der Waals surface area contributed by atoms with Gasteiger partial charge in [0, 0.05) is 44.2 Å². The van der Waals surface area contributed by atoms with E-state index >= 15 is 0 Å². The van der Waals surface area contributed by atoms with E-state index in [9.17, 15) is 9.59 Å². The molecule has 2 aromatic heterocycles. The van der Waals surface area contributed by atoms with Gasteiger partial charge in [0.25, 0.3) is 0 Å². The summed E-state index contributed by atoms with van der Waals surface area (Å²) in [6, 6.07) is 36.2. The first-order valence-electron chi connectivity index (χ1n) is 15.6. The van der Waals surface area contributed by atoms with Crippen molar-refractivity contribution >= 4 is 89.8 Å². The molecule has 49 heavy (non-hydrogen) atoms. The molecule has 0 bridgehead atoms. The van der Waals surface area contributed by atoms with Gasteiger partial charge in [0.2, 0.25) is 10.9 Å². The molecule has 9 rings (SSSR count). The minimum absolute atomic E-state index is 0.121. The first kappa shape index (κ1) is 29.2. The molecule has 234 valence electrons. The summed E-state index contributed by atoms with van der Waals surface area (Å²) < 4.78 is 18.6. The van der Waals surface area contributed by atoms with Crippen LogP contribution in [0.2, 0.25) is 0 Å². The Bertz CT molecular complexity index is 2790. The highest BCUT2D eigenvalue weighted by atomic mass is 32.1. The van der Waals surface area contributed by atoms with Gasteiger partial charge in [-0.15, -0.1) is 0 Å². The topological polar surface area (TPSA) is 101 Å². The molecule has 0 aliphatic carbocycles. The Labute approximate surface area is 287 Å². The summed E-state index contributed by atoms with van der Waals surface area (Å²) in [5.74, 6) is 0. The van der Waals surface area contributed by atoms with Gasteiger partial charge in [0.15, 0.2) is 5.36 Å². The third-order valence-electron chi connectivity index (χ3n) is 8.94. The Hall–Kier alpha value is -5.97. The second-order valence-corrected chi connectivity index (χ2v) is 13.1. The molecule has 10 heteroatoms. The number of aromatic nitrogens is 4. The van der Waals surface area contributed by atoms with Gasteiger partial charge in [-0.1, -0.05) is 71.8 Å². The van der Waals surface area contributed by atoms with Crippen molar-refractivity contribution in [2.45, 2.75) is 13.8 Å². The number of rotatable bonds is 5. The Morgan fingerprint density at radius 2 is 1.00 bits per heavy atom. The number of benzene rings is 6. The molecule has 0 amide bonds. The van der Waals surface area contributed by atoms with E-state index in [2.05, 4.69) is 111 Å². The number of hydrogen-bond acceptors (Lipinski definition) is 10. The molecule has 0 spiro atoms. The first-order chi connectivity index (χ1) is 23.9. The maximum absolute atomic E-state index is 13.2. The second kappa shape index (κ2) is 11.3. The van der Waals surface area contributed by atoms with Crippen molar-refractivity contribution in [3.05, 3.63) is 146 Å². The minimum atomic E-state index is -0.389. The summed E-state index contributed by atoms with van der Waals surface area (Å²) in [7, 11) is 0. The van der Waals surface area contributed by atoms with Crippen LogP contribution in [-0.2, 0) is 0 Å². The fraction of sp³-hybridized carbons (Fsp3) is 0.0513. The second-order valence-electron chi connectivity index (χ2n) is 12.1. The van der Waals surface area contributed by atoms with Crippen LogP contribution < -0.4 is 21.1 Å². The predicted molar refractivity (Wildman–Crippen MR) is 200 cm³/mol. The molecule has 0 saturated carbocycles. The average molecular weight is 673 g/mol. The predicted octanol–water partition coefficient (Wildman–Crippen LogP) is 8.58. The molecule has 9 aromatic rings. The Morgan fingerprint density at radius 1 is 0.531 bits per heavy atom. The van der Waals surface area contributed by atoms with Crippen molar-refractivity contribution in [3.8, 4) is 11.1 Å². The molecule has 0 aliphatic heterocycles. The summed E-state index contributed by atoms with van der Waals surface area (Å²) in [5.41, 5.74) is 9.71. The first-order valence-corrected chi connectivity index (χ1v) is 17.1. The molecule has 0 fully saturated rings. The van der Waals surface area contributed by atoms with Crippen molar-refractivity contribution in [1.82, 2.24) is 17.5 Å². The Kier molecular flexibility index (Phi) is 6.75. The lowest BCUT2D eigenvalue weighted by Gasteiger charge is -2.26. The van der Waals surface area contributed by atoms with Crippen LogP contribution in [0.25, 0.3) is 54.7 Å². The standard InChI is InChI=1S/C39H24N6O2S2/c1-21-7-13-24(14-8-21)45(25-15-9-22(2)10-16-25)26-17-11-23(12-18-26)29-19-30-31(34-33(29)41-48-42-34)20-32(36-35(30)43-49-44-36)40-37-38(46)27-5-3-4-6-28(27)39(37)47/h3-20H,1-2H3. The van der Waals surface area contributed by atoms with Gasteiger partial charge >= 0.3 is 0 Å². The highest BCUT2D eigenvalue weighted by molar-refractivity contribution is 7.00. The molecule has 2 heterocycles. The number of nitrogens with zero attached hydrogens (tertiary/aromatic N) is 6. The van der Waals surface area contributed by atoms with Crippen LogP contribution in [0.1, 0.15) is 11.1 Å². The van der Waals surface area contributed by atoms with E-state index in [1.54, 1.807) is 24.3 Å². The zero-order valence-corrected chi connectivity index (χ0v) is 27.8. The smallest absolute Gasteiger partial charge is 0.216 e. The summed E-state index contributed by atoms with van der Waals surface area (Å²) >= 11 is 2.20. The van der Waals surface area contributed by atoms with E-state index < -0.39 is 0 Å². The van der Waals surface area contributed by atoms with Gasteiger partial charge < -0.3 is 4.90 Å². The lowest BCUT2D eigenvalue weighted by atomic mass is 9.97. The van der Waals surface area contributed by atoms with E-state index in [1.165, 1.54) is 11.1 Å². The van der Waals surface area contributed by atoms with Gasteiger partial charge in [-0.05, 0) is 67.9 Å². The lowest BCUT2D eigenvalue weighted by molar-refractivity contribution is 1.27. The lowest BCUT2D eigenvalue weighted by Crippen LogP contribution is -2.31. The van der Waals surface area contributed by atoms with Gasteiger partial charge in [0.1, 0.15) is 22.1 Å². The third kappa shape index (κ3) is 4.75. The Balaban J connectivity index is 1.20. The van der Waals surface area contributed by atoms with Crippen LogP contribution in [0.5, 0.6) is 0 Å². The van der Waals surface area contributed by atoms with Crippen LogP contribution in [0.15, 0.2) is 124 Å².